The number of nitrogens with one attached hydrogen (secondary N) is 1. The molecule has 0 spiro atoms. The van der Waals surface area contributed by atoms with Gasteiger partial charge < -0.3 is 5.32 Å². The van der Waals surface area contributed by atoms with Crippen LogP contribution in [0.25, 0.3) is 0 Å². The van der Waals surface area contributed by atoms with Crippen molar-refractivity contribution in [1.29, 1.82) is 0 Å². The minimum atomic E-state index is -0.160. The maximum absolute atomic E-state index is 13.7. The fourth-order valence-electron chi connectivity index (χ4n) is 1.83. The van der Waals surface area contributed by atoms with Crippen LogP contribution in [-0.4, -0.2) is 16.8 Å². The summed E-state index contributed by atoms with van der Waals surface area (Å²) in [6.45, 7) is 3.81. The number of aromatic nitrogens is 2. The predicted octanol–water partition coefficient (Wildman–Crippen LogP) is 3.30. The average molecular weight is 279 g/mol. The van der Waals surface area contributed by atoms with Gasteiger partial charge in [0.2, 0.25) is 0 Å². The number of aryl methyl sites for hydroxylation is 2. The lowest BCUT2D eigenvalue weighted by molar-refractivity contribution is 0.594. The van der Waals surface area contributed by atoms with E-state index < -0.39 is 0 Å². The second-order valence-corrected chi connectivity index (χ2v) is 5.72. The van der Waals surface area contributed by atoms with Crippen LogP contribution in [0.2, 0.25) is 0 Å². The molecule has 0 amide bonds. The molecule has 2 rings (SSSR count). The molecular weight excluding hydrogens is 261 g/mol. The number of hydrogen-bond acceptors (Lipinski definition) is 3. The molecule has 1 heterocycles. The Morgan fingerprint density at radius 1 is 1.42 bits per heavy atom. The molecule has 0 saturated carbocycles. The maximum atomic E-state index is 13.7. The van der Waals surface area contributed by atoms with Crippen molar-refractivity contribution in [2.45, 2.75) is 29.7 Å². The molecule has 1 N–H and O–H groups in total. The van der Waals surface area contributed by atoms with E-state index in [9.17, 15) is 4.39 Å². The Kier molecular flexibility index (Phi) is 4.27. The molecule has 5 heteroatoms. The lowest BCUT2D eigenvalue weighted by Crippen LogP contribution is -2.13. The summed E-state index contributed by atoms with van der Waals surface area (Å²) in [6.07, 6.45) is 3.77. The van der Waals surface area contributed by atoms with Gasteiger partial charge in [0.05, 0.1) is 11.1 Å². The van der Waals surface area contributed by atoms with Crippen LogP contribution in [0.3, 0.4) is 0 Å². The summed E-state index contributed by atoms with van der Waals surface area (Å²) < 4.78 is 15.5. The second-order valence-electron chi connectivity index (χ2n) is 4.60. The number of benzene rings is 1. The summed E-state index contributed by atoms with van der Waals surface area (Å²) in [5.41, 5.74) is 1.64. The third kappa shape index (κ3) is 3.16. The van der Waals surface area contributed by atoms with Crippen LogP contribution in [0.15, 0.2) is 34.3 Å². The largest absolute Gasteiger partial charge is 0.313 e. The molecule has 0 bridgehead atoms. The highest BCUT2D eigenvalue weighted by molar-refractivity contribution is 7.99. The smallest absolute Gasteiger partial charge is 0.126 e. The fourth-order valence-corrected chi connectivity index (χ4v) is 2.98. The van der Waals surface area contributed by atoms with Crippen molar-refractivity contribution in [3.8, 4) is 0 Å². The topological polar surface area (TPSA) is 29.9 Å². The van der Waals surface area contributed by atoms with E-state index in [4.69, 9.17) is 0 Å². The van der Waals surface area contributed by atoms with E-state index in [1.165, 1.54) is 0 Å². The quantitative estimate of drug-likeness (QED) is 0.931. The minimum absolute atomic E-state index is 0.106. The molecular formula is C14H18FN3S. The van der Waals surface area contributed by atoms with Gasteiger partial charge >= 0.3 is 0 Å². The third-order valence-corrected chi connectivity index (χ3v) is 4.12. The standard InChI is InChI=1S/C14H18FN3S/c1-9-5-14(19-11-7-17-18(4)8-11)12(6-13(9)15)10(2)16-3/h5-8,10,16H,1-4H3. The van der Waals surface area contributed by atoms with Crippen LogP contribution >= 0.6 is 11.8 Å². The van der Waals surface area contributed by atoms with Gasteiger partial charge in [-0.05, 0) is 44.2 Å². The Bertz CT molecular complexity index is 580. The van der Waals surface area contributed by atoms with Crippen molar-refractivity contribution in [2.24, 2.45) is 7.05 Å². The van der Waals surface area contributed by atoms with E-state index in [1.54, 1.807) is 29.4 Å². The zero-order valence-corrected chi connectivity index (χ0v) is 12.4. The molecule has 3 nitrogen and oxygen atoms in total. The summed E-state index contributed by atoms with van der Waals surface area (Å²) >= 11 is 1.61. The van der Waals surface area contributed by atoms with Gasteiger partial charge in [-0.3, -0.25) is 4.68 Å². The number of hydrogen-bond donors (Lipinski definition) is 1. The van der Waals surface area contributed by atoms with E-state index in [0.29, 0.717) is 5.56 Å². The van der Waals surface area contributed by atoms with E-state index in [-0.39, 0.29) is 11.9 Å². The van der Waals surface area contributed by atoms with Gasteiger partial charge in [-0.2, -0.15) is 5.10 Å². The van der Waals surface area contributed by atoms with E-state index in [1.807, 2.05) is 39.5 Å². The van der Waals surface area contributed by atoms with Crippen molar-refractivity contribution in [3.63, 3.8) is 0 Å². The highest BCUT2D eigenvalue weighted by atomic mass is 32.2. The SMILES string of the molecule is CNC(C)c1cc(F)c(C)cc1Sc1cnn(C)c1. The highest BCUT2D eigenvalue weighted by Crippen LogP contribution is 2.34. The Labute approximate surface area is 117 Å². The number of halogens is 1. The van der Waals surface area contributed by atoms with Crippen LogP contribution in [0.1, 0.15) is 24.1 Å². The molecule has 0 aliphatic heterocycles. The fraction of sp³-hybridized carbons (Fsp3) is 0.357. The molecule has 19 heavy (non-hydrogen) atoms. The van der Waals surface area contributed by atoms with Crippen molar-refractivity contribution in [2.75, 3.05) is 7.05 Å². The maximum Gasteiger partial charge on any atom is 0.126 e. The number of nitrogens with zero attached hydrogens (tertiary/aromatic N) is 2. The lowest BCUT2D eigenvalue weighted by atomic mass is 10.1. The van der Waals surface area contributed by atoms with Gasteiger partial charge in [-0.15, -0.1) is 0 Å². The van der Waals surface area contributed by atoms with Gasteiger partial charge in [0.15, 0.2) is 0 Å². The van der Waals surface area contributed by atoms with Crippen molar-refractivity contribution in [3.05, 3.63) is 41.5 Å². The van der Waals surface area contributed by atoms with Crippen LogP contribution in [-0.2, 0) is 7.05 Å². The molecule has 0 saturated heterocycles. The number of rotatable bonds is 4. The van der Waals surface area contributed by atoms with Gasteiger partial charge in [-0.1, -0.05) is 11.8 Å². The second kappa shape index (κ2) is 5.75. The summed E-state index contributed by atoms with van der Waals surface area (Å²) in [7, 11) is 3.76. The molecule has 1 atom stereocenters. The van der Waals surface area contributed by atoms with E-state index in [0.717, 1.165) is 15.4 Å². The summed E-state index contributed by atoms with van der Waals surface area (Å²) in [4.78, 5) is 2.12. The van der Waals surface area contributed by atoms with E-state index >= 15 is 0 Å². The first-order valence-electron chi connectivity index (χ1n) is 6.15. The van der Waals surface area contributed by atoms with Crippen molar-refractivity contribution in [1.82, 2.24) is 15.1 Å². The third-order valence-electron chi connectivity index (χ3n) is 3.10. The molecule has 1 aromatic heterocycles. The average Bonchev–Trinajstić information content (AvgIpc) is 2.78. The van der Waals surface area contributed by atoms with Gasteiger partial charge in [0.1, 0.15) is 5.82 Å². The molecule has 1 unspecified atom stereocenters. The van der Waals surface area contributed by atoms with Crippen molar-refractivity contribution < 1.29 is 4.39 Å². The van der Waals surface area contributed by atoms with Gasteiger partial charge in [-0.25, -0.2) is 4.39 Å². The van der Waals surface area contributed by atoms with E-state index in [2.05, 4.69) is 10.4 Å². The van der Waals surface area contributed by atoms with Crippen LogP contribution in [0.4, 0.5) is 4.39 Å². The lowest BCUT2D eigenvalue weighted by Gasteiger charge is -2.16. The highest BCUT2D eigenvalue weighted by Gasteiger charge is 2.14. The first-order valence-corrected chi connectivity index (χ1v) is 6.96. The Balaban J connectivity index is 2.39. The summed E-state index contributed by atoms with van der Waals surface area (Å²) in [6, 6.07) is 3.63. The Morgan fingerprint density at radius 2 is 2.16 bits per heavy atom. The zero-order chi connectivity index (χ0) is 14.0. The zero-order valence-electron chi connectivity index (χ0n) is 11.6. The van der Waals surface area contributed by atoms with Crippen LogP contribution in [0.5, 0.6) is 0 Å². The normalized spacial score (nSPS) is 12.7. The Morgan fingerprint density at radius 3 is 2.74 bits per heavy atom. The summed E-state index contributed by atoms with van der Waals surface area (Å²) in [5, 5.41) is 7.31. The van der Waals surface area contributed by atoms with Gasteiger partial charge in [0, 0.05) is 24.2 Å². The molecule has 2 aromatic rings. The molecule has 0 fully saturated rings. The molecule has 0 aliphatic rings. The first-order chi connectivity index (χ1) is 9.01. The van der Waals surface area contributed by atoms with Crippen LogP contribution < -0.4 is 5.32 Å². The summed E-state index contributed by atoms with van der Waals surface area (Å²) in [5.74, 6) is -0.160. The van der Waals surface area contributed by atoms with Crippen LogP contribution in [0, 0.1) is 12.7 Å². The molecule has 1 aromatic carbocycles. The van der Waals surface area contributed by atoms with Gasteiger partial charge in [0.25, 0.3) is 0 Å². The van der Waals surface area contributed by atoms with Crippen molar-refractivity contribution >= 4 is 11.8 Å². The molecule has 102 valence electrons. The molecule has 0 radical (unpaired) electrons. The molecule has 0 aliphatic carbocycles. The monoisotopic (exact) mass is 279 g/mol. The Hall–Kier alpha value is -1.33. The first kappa shape index (κ1) is 14.1. The predicted molar refractivity (Wildman–Crippen MR) is 75.9 cm³/mol. The minimum Gasteiger partial charge on any atom is -0.313 e.